The largest absolute Gasteiger partial charge is 0.471 e. The van der Waals surface area contributed by atoms with Gasteiger partial charge in [-0.1, -0.05) is 0 Å². The lowest BCUT2D eigenvalue weighted by Crippen LogP contribution is -2.26. The quantitative estimate of drug-likeness (QED) is 0.679. The first-order valence-electron chi connectivity index (χ1n) is 7.89. The molecule has 1 saturated heterocycles. The number of hydrogen-bond donors (Lipinski definition) is 0. The van der Waals surface area contributed by atoms with Gasteiger partial charge in [0.25, 0.3) is 5.88 Å². The maximum Gasteiger partial charge on any atom is 0.414 e. The Kier molecular flexibility index (Phi) is 4.18. The number of ether oxygens (including phenoxy) is 2. The number of amides is 1. The molecular formula is C17H12FN5O4. The van der Waals surface area contributed by atoms with E-state index in [4.69, 9.17) is 14.7 Å². The number of cyclic esters (lactones) is 1. The van der Waals surface area contributed by atoms with Gasteiger partial charge >= 0.3 is 6.09 Å². The van der Waals surface area contributed by atoms with Crippen LogP contribution in [0.2, 0.25) is 0 Å². The number of benzene rings is 1. The number of nitriles is 1. The third-order valence-electron chi connectivity index (χ3n) is 3.92. The minimum atomic E-state index is -0.592. The Morgan fingerprint density at radius 1 is 1.41 bits per heavy atom. The van der Waals surface area contributed by atoms with Crippen LogP contribution in [0.3, 0.4) is 0 Å². The van der Waals surface area contributed by atoms with Crippen LogP contribution >= 0.6 is 0 Å². The third-order valence-corrected chi connectivity index (χ3v) is 3.92. The molecule has 1 aliphatic heterocycles. The molecule has 0 radical (unpaired) electrons. The summed E-state index contributed by atoms with van der Waals surface area (Å²) in [6.45, 7) is 0.306. The molecule has 27 heavy (non-hydrogen) atoms. The molecule has 1 atom stereocenters. The minimum Gasteiger partial charge on any atom is -0.471 e. The van der Waals surface area contributed by atoms with Crippen molar-refractivity contribution in [3.05, 3.63) is 54.6 Å². The molecule has 0 saturated carbocycles. The molecule has 0 unspecified atom stereocenters. The van der Waals surface area contributed by atoms with Gasteiger partial charge in [-0.25, -0.2) is 14.2 Å². The van der Waals surface area contributed by atoms with E-state index in [2.05, 4.69) is 14.7 Å². The summed E-state index contributed by atoms with van der Waals surface area (Å²) in [5, 5.41) is 12.4. The topological polar surface area (TPSA) is 106 Å². The molecule has 1 aromatic carbocycles. The van der Waals surface area contributed by atoms with Crippen LogP contribution in [-0.4, -0.2) is 40.1 Å². The van der Waals surface area contributed by atoms with E-state index >= 15 is 0 Å². The molecule has 2 aromatic heterocycles. The molecule has 1 amide bonds. The highest BCUT2D eigenvalue weighted by molar-refractivity contribution is 5.89. The normalized spacial score (nSPS) is 16.2. The van der Waals surface area contributed by atoms with Gasteiger partial charge in [0.2, 0.25) is 0 Å². The van der Waals surface area contributed by atoms with Crippen molar-refractivity contribution in [1.82, 2.24) is 14.7 Å². The van der Waals surface area contributed by atoms with E-state index in [1.165, 1.54) is 46.5 Å². The van der Waals surface area contributed by atoms with Crippen LogP contribution in [0.1, 0.15) is 5.69 Å². The van der Waals surface area contributed by atoms with Crippen LogP contribution in [0, 0.1) is 17.1 Å². The lowest BCUT2D eigenvalue weighted by Gasteiger charge is -2.14. The van der Waals surface area contributed by atoms with Gasteiger partial charge in [-0.15, -0.1) is 0 Å². The molecule has 1 fully saturated rings. The van der Waals surface area contributed by atoms with Gasteiger partial charge in [0, 0.05) is 12.3 Å². The Hall–Kier alpha value is -3.87. The SMILES string of the molecule is N#Cc1cn(-c2ccc(N3C[C@H](COc4ccon4)OC3=O)cc2F)cn1. The lowest BCUT2D eigenvalue weighted by atomic mass is 10.2. The van der Waals surface area contributed by atoms with E-state index in [0.29, 0.717) is 5.69 Å². The van der Waals surface area contributed by atoms with Crippen LogP contribution in [0.4, 0.5) is 14.9 Å². The summed E-state index contributed by atoms with van der Waals surface area (Å²) in [6.07, 6.45) is 3.01. The summed E-state index contributed by atoms with van der Waals surface area (Å²) in [4.78, 5) is 17.3. The van der Waals surface area contributed by atoms with Gasteiger partial charge in [-0.05, 0) is 23.4 Å². The second-order valence-electron chi connectivity index (χ2n) is 5.68. The smallest absolute Gasteiger partial charge is 0.414 e. The summed E-state index contributed by atoms with van der Waals surface area (Å²) >= 11 is 0. The second kappa shape index (κ2) is 6.80. The Morgan fingerprint density at radius 2 is 2.30 bits per heavy atom. The third kappa shape index (κ3) is 3.30. The highest BCUT2D eigenvalue weighted by Crippen LogP contribution is 2.26. The number of carbonyl (C=O) groups is 1. The standard InChI is InChI=1S/C17H12FN5O4/c18-14-5-12(1-2-15(14)22-7-11(6-19)20-10-22)23-8-13(27-17(23)24)9-25-16-3-4-26-21-16/h1-5,7,10,13H,8-9H2/t13-/m1/s1. The highest BCUT2D eigenvalue weighted by Gasteiger charge is 2.33. The van der Waals surface area contributed by atoms with E-state index in [0.717, 1.165) is 0 Å². The lowest BCUT2D eigenvalue weighted by molar-refractivity contribution is 0.102. The fourth-order valence-electron chi connectivity index (χ4n) is 2.66. The number of aromatic nitrogens is 3. The van der Waals surface area contributed by atoms with Crippen molar-refractivity contribution >= 4 is 11.8 Å². The fraction of sp³-hybridized carbons (Fsp3) is 0.176. The number of hydrogen-bond acceptors (Lipinski definition) is 7. The zero-order valence-corrected chi connectivity index (χ0v) is 13.8. The number of halogens is 1. The maximum atomic E-state index is 14.5. The predicted octanol–water partition coefficient (Wildman–Crippen LogP) is 2.28. The molecule has 3 aromatic rings. The van der Waals surface area contributed by atoms with Crippen LogP contribution in [0.25, 0.3) is 5.69 Å². The van der Waals surface area contributed by atoms with E-state index in [1.807, 2.05) is 6.07 Å². The first kappa shape index (κ1) is 16.6. The molecule has 0 N–H and O–H groups in total. The Bertz CT molecular complexity index is 1010. The molecule has 1 aliphatic rings. The monoisotopic (exact) mass is 369 g/mol. The zero-order chi connectivity index (χ0) is 18.8. The Morgan fingerprint density at radius 3 is 3.00 bits per heavy atom. The summed E-state index contributed by atoms with van der Waals surface area (Å²) in [5.74, 6) is -0.276. The molecular weight excluding hydrogens is 357 g/mol. The molecule has 4 rings (SSSR count). The van der Waals surface area contributed by atoms with Gasteiger partial charge < -0.3 is 18.6 Å². The average Bonchev–Trinajstić information content (AvgIpc) is 3.41. The van der Waals surface area contributed by atoms with Crippen molar-refractivity contribution in [2.24, 2.45) is 0 Å². The van der Waals surface area contributed by atoms with Crippen LogP contribution < -0.4 is 9.64 Å². The fourth-order valence-corrected chi connectivity index (χ4v) is 2.66. The highest BCUT2D eigenvalue weighted by atomic mass is 19.1. The summed E-state index contributed by atoms with van der Waals surface area (Å²) in [5.41, 5.74) is 0.744. The number of anilines is 1. The van der Waals surface area contributed by atoms with Crippen molar-refractivity contribution in [3.8, 4) is 17.6 Å². The zero-order valence-electron chi connectivity index (χ0n) is 13.8. The molecule has 0 spiro atoms. The molecule has 3 heterocycles. The number of imidazole rings is 1. The van der Waals surface area contributed by atoms with E-state index in [1.54, 1.807) is 6.07 Å². The number of nitrogens with zero attached hydrogens (tertiary/aromatic N) is 5. The maximum absolute atomic E-state index is 14.5. The summed E-state index contributed by atoms with van der Waals surface area (Å²) < 4.78 is 31.1. The number of carbonyl (C=O) groups excluding carboxylic acids is 1. The Labute approximate surface area is 152 Å². The average molecular weight is 369 g/mol. The Balaban J connectivity index is 1.47. The first-order chi connectivity index (χ1) is 13.1. The molecule has 0 aliphatic carbocycles. The molecule has 10 heteroatoms. The van der Waals surface area contributed by atoms with Gasteiger partial charge in [-0.3, -0.25) is 4.90 Å². The molecule has 0 bridgehead atoms. The second-order valence-corrected chi connectivity index (χ2v) is 5.68. The van der Waals surface area contributed by atoms with Crippen molar-refractivity contribution in [3.63, 3.8) is 0 Å². The summed E-state index contributed by atoms with van der Waals surface area (Å²) in [6, 6.07) is 7.73. The van der Waals surface area contributed by atoms with E-state index in [9.17, 15) is 9.18 Å². The van der Waals surface area contributed by atoms with Crippen molar-refractivity contribution < 1.29 is 23.2 Å². The van der Waals surface area contributed by atoms with Crippen LogP contribution in [0.15, 0.2) is 47.6 Å². The van der Waals surface area contributed by atoms with Crippen molar-refractivity contribution in [2.75, 3.05) is 18.1 Å². The van der Waals surface area contributed by atoms with Crippen molar-refractivity contribution in [2.45, 2.75) is 6.10 Å². The molecule has 136 valence electrons. The van der Waals surface area contributed by atoms with Gasteiger partial charge in [0.1, 0.15) is 31.1 Å². The van der Waals surface area contributed by atoms with Gasteiger partial charge in [-0.2, -0.15) is 5.26 Å². The van der Waals surface area contributed by atoms with E-state index < -0.39 is 18.0 Å². The first-order valence-corrected chi connectivity index (χ1v) is 7.89. The van der Waals surface area contributed by atoms with Gasteiger partial charge in [0.05, 0.1) is 17.9 Å². The van der Waals surface area contributed by atoms with Crippen LogP contribution in [-0.2, 0) is 4.74 Å². The van der Waals surface area contributed by atoms with Crippen LogP contribution in [0.5, 0.6) is 5.88 Å². The van der Waals surface area contributed by atoms with Crippen molar-refractivity contribution in [1.29, 1.82) is 5.26 Å². The predicted molar refractivity (Wildman–Crippen MR) is 87.9 cm³/mol. The van der Waals surface area contributed by atoms with Gasteiger partial charge in [0.15, 0.2) is 11.8 Å². The number of rotatable bonds is 5. The minimum absolute atomic E-state index is 0.0985. The molecule has 9 nitrogen and oxygen atoms in total. The summed E-state index contributed by atoms with van der Waals surface area (Å²) in [7, 11) is 0. The van der Waals surface area contributed by atoms with E-state index in [-0.39, 0.29) is 30.4 Å².